The lowest BCUT2D eigenvalue weighted by atomic mass is 9.96. The second-order valence-corrected chi connectivity index (χ2v) is 7.72. The Morgan fingerprint density at radius 3 is 2.67 bits per heavy atom. The first-order valence-electron chi connectivity index (χ1n) is 9.44. The van der Waals surface area contributed by atoms with Gasteiger partial charge < -0.3 is 24.7 Å². The van der Waals surface area contributed by atoms with E-state index >= 15 is 0 Å². The predicted molar refractivity (Wildman–Crippen MR) is 111 cm³/mol. The Hall–Kier alpha value is -2.88. The van der Waals surface area contributed by atoms with E-state index in [0.717, 1.165) is 21.4 Å². The highest BCUT2D eigenvalue weighted by Crippen LogP contribution is 2.34. The number of fused-ring (bicyclic) bond motifs is 1. The summed E-state index contributed by atoms with van der Waals surface area (Å²) in [7, 11) is 2.51. The molecular formula is C20H23BrN4O5. The van der Waals surface area contributed by atoms with Gasteiger partial charge in [0.05, 0.1) is 26.2 Å². The van der Waals surface area contributed by atoms with Crippen LogP contribution < -0.4 is 5.32 Å². The van der Waals surface area contributed by atoms with Crippen molar-refractivity contribution in [2.24, 2.45) is 0 Å². The third-order valence-corrected chi connectivity index (χ3v) is 5.55. The van der Waals surface area contributed by atoms with Gasteiger partial charge in [0, 0.05) is 29.6 Å². The van der Waals surface area contributed by atoms with Crippen molar-refractivity contribution in [1.82, 2.24) is 20.2 Å². The highest BCUT2D eigenvalue weighted by Gasteiger charge is 2.35. The van der Waals surface area contributed by atoms with Crippen LogP contribution in [0.25, 0.3) is 0 Å². The Balaban J connectivity index is 1.84. The van der Waals surface area contributed by atoms with Gasteiger partial charge in [-0.1, -0.05) is 28.1 Å². The SMILES string of the molecule is COC(=O)CC[C@H](NC(=O)N1CCc2[nH]cnc2[C@H]1c1ccc(Br)cc1)C(=O)OC. The largest absolute Gasteiger partial charge is 0.469 e. The van der Waals surface area contributed by atoms with Gasteiger partial charge in [-0.15, -0.1) is 0 Å². The topological polar surface area (TPSA) is 114 Å². The Bertz CT molecular complexity index is 914. The minimum absolute atomic E-state index is 0.0177. The molecule has 10 heteroatoms. The van der Waals surface area contributed by atoms with E-state index in [-0.39, 0.29) is 12.8 Å². The molecule has 9 nitrogen and oxygen atoms in total. The fraction of sp³-hybridized carbons (Fsp3) is 0.400. The molecule has 2 atom stereocenters. The number of hydrogen-bond acceptors (Lipinski definition) is 6. The van der Waals surface area contributed by atoms with E-state index in [9.17, 15) is 14.4 Å². The number of hydrogen-bond donors (Lipinski definition) is 2. The second-order valence-electron chi connectivity index (χ2n) is 6.80. The molecule has 2 heterocycles. The molecule has 2 aromatic rings. The number of nitrogens with zero attached hydrogens (tertiary/aromatic N) is 2. The normalized spacial score (nSPS) is 16.4. The molecule has 0 aliphatic carbocycles. The summed E-state index contributed by atoms with van der Waals surface area (Å²) in [5.41, 5.74) is 2.63. The molecular weight excluding hydrogens is 456 g/mol. The molecule has 1 aliphatic heterocycles. The zero-order valence-electron chi connectivity index (χ0n) is 16.7. The highest BCUT2D eigenvalue weighted by molar-refractivity contribution is 9.10. The third kappa shape index (κ3) is 4.81. The average Bonchev–Trinajstić information content (AvgIpc) is 3.24. The van der Waals surface area contributed by atoms with Crippen molar-refractivity contribution in [3.8, 4) is 0 Å². The van der Waals surface area contributed by atoms with Crippen LogP contribution in [0.4, 0.5) is 4.79 Å². The first-order valence-corrected chi connectivity index (χ1v) is 10.2. The van der Waals surface area contributed by atoms with Gasteiger partial charge in [0.15, 0.2) is 0 Å². The first kappa shape index (κ1) is 21.8. The van der Waals surface area contributed by atoms with Crippen LogP contribution in [-0.4, -0.2) is 59.6 Å². The number of carbonyl (C=O) groups is 3. The van der Waals surface area contributed by atoms with E-state index in [0.29, 0.717) is 13.0 Å². The molecule has 2 amide bonds. The van der Waals surface area contributed by atoms with Crippen LogP contribution in [-0.2, 0) is 25.5 Å². The molecule has 30 heavy (non-hydrogen) atoms. The third-order valence-electron chi connectivity index (χ3n) is 5.02. The van der Waals surface area contributed by atoms with Crippen molar-refractivity contribution in [3.63, 3.8) is 0 Å². The Kier molecular flexibility index (Phi) is 7.09. The number of nitrogens with one attached hydrogen (secondary N) is 2. The fourth-order valence-electron chi connectivity index (χ4n) is 3.47. The summed E-state index contributed by atoms with van der Waals surface area (Å²) in [4.78, 5) is 46.0. The van der Waals surface area contributed by atoms with Crippen molar-refractivity contribution in [2.75, 3.05) is 20.8 Å². The van der Waals surface area contributed by atoms with Gasteiger partial charge in [-0.2, -0.15) is 0 Å². The molecule has 160 valence electrons. The van der Waals surface area contributed by atoms with Gasteiger partial charge in [-0.3, -0.25) is 4.79 Å². The lowest BCUT2D eigenvalue weighted by Crippen LogP contribution is -2.51. The molecule has 0 spiro atoms. The summed E-state index contributed by atoms with van der Waals surface area (Å²) in [6.45, 7) is 0.437. The van der Waals surface area contributed by atoms with Gasteiger partial charge in [0.2, 0.25) is 0 Å². The van der Waals surface area contributed by atoms with Crippen LogP contribution >= 0.6 is 15.9 Å². The highest BCUT2D eigenvalue weighted by atomic mass is 79.9. The molecule has 0 radical (unpaired) electrons. The Morgan fingerprint density at radius 1 is 1.27 bits per heavy atom. The minimum atomic E-state index is -0.965. The smallest absolute Gasteiger partial charge is 0.328 e. The Labute approximate surface area is 182 Å². The molecule has 1 aliphatic rings. The van der Waals surface area contributed by atoms with Crippen molar-refractivity contribution in [3.05, 3.63) is 52.0 Å². The van der Waals surface area contributed by atoms with Gasteiger partial charge in [0.25, 0.3) is 0 Å². The minimum Gasteiger partial charge on any atom is -0.469 e. The zero-order chi connectivity index (χ0) is 21.7. The predicted octanol–water partition coefficient (Wildman–Crippen LogP) is 2.32. The maximum absolute atomic E-state index is 13.2. The standard InChI is InChI=1S/C20H23BrN4O5/c1-29-16(26)8-7-15(19(27)30-2)24-20(28)25-10-9-14-17(23-11-22-14)18(25)12-3-5-13(21)6-4-12/h3-6,11,15,18H,7-10H2,1-2H3,(H,22,23)(H,24,28)/t15-,18+/m0/s1. The maximum atomic E-state index is 13.2. The fourth-order valence-corrected chi connectivity index (χ4v) is 3.73. The molecule has 1 aromatic heterocycles. The molecule has 1 aromatic carbocycles. The number of rotatable bonds is 6. The van der Waals surface area contributed by atoms with Crippen molar-refractivity contribution < 1.29 is 23.9 Å². The first-order chi connectivity index (χ1) is 14.4. The van der Waals surface area contributed by atoms with E-state index in [1.807, 2.05) is 24.3 Å². The number of aromatic amines is 1. The van der Waals surface area contributed by atoms with E-state index in [4.69, 9.17) is 4.74 Å². The molecule has 0 bridgehead atoms. The van der Waals surface area contributed by atoms with Crippen LogP contribution in [0.5, 0.6) is 0 Å². The number of amides is 2. The molecule has 0 fully saturated rings. The summed E-state index contributed by atoms with van der Waals surface area (Å²) in [5, 5.41) is 2.71. The number of methoxy groups -OCH3 is 2. The maximum Gasteiger partial charge on any atom is 0.328 e. The molecule has 0 unspecified atom stereocenters. The average molecular weight is 479 g/mol. The molecule has 3 rings (SSSR count). The number of ether oxygens (including phenoxy) is 2. The van der Waals surface area contributed by atoms with Crippen molar-refractivity contribution in [1.29, 1.82) is 0 Å². The van der Waals surface area contributed by atoms with Crippen LogP contribution in [0.15, 0.2) is 35.1 Å². The summed E-state index contributed by atoms with van der Waals surface area (Å²) >= 11 is 3.43. The van der Waals surface area contributed by atoms with Gasteiger partial charge in [-0.05, 0) is 24.1 Å². The lowest BCUT2D eigenvalue weighted by molar-refractivity contribution is -0.144. The number of esters is 2. The van der Waals surface area contributed by atoms with E-state index in [1.54, 1.807) is 11.2 Å². The van der Waals surface area contributed by atoms with E-state index in [1.165, 1.54) is 14.2 Å². The summed E-state index contributed by atoms with van der Waals surface area (Å²) in [6.07, 6.45) is 2.29. The van der Waals surface area contributed by atoms with Crippen molar-refractivity contribution >= 4 is 33.9 Å². The van der Waals surface area contributed by atoms with Crippen molar-refractivity contribution in [2.45, 2.75) is 31.3 Å². The van der Waals surface area contributed by atoms with E-state index < -0.39 is 30.1 Å². The van der Waals surface area contributed by atoms with E-state index in [2.05, 4.69) is 36.0 Å². The number of urea groups is 1. The monoisotopic (exact) mass is 478 g/mol. The number of halogens is 1. The van der Waals surface area contributed by atoms with Crippen LogP contribution in [0, 0.1) is 0 Å². The zero-order valence-corrected chi connectivity index (χ0v) is 18.3. The summed E-state index contributed by atoms with van der Waals surface area (Å²) in [5.74, 6) is -1.09. The molecule has 0 saturated carbocycles. The Morgan fingerprint density at radius 2 is 2.00 bits per heavy atom. The van der Waals surface area contributed by atoms with Gasteiger partial charge in [0.1, 0.15) is 12.1 Å². The number of aromatic nitrogens is 2. The summed E-state index contributed by atoms with van der Waals surface area (Å²) in [6, 6.07) is 5.85. The number of carbonyl (C=O) groups excluding carboxylic acids is 3. The quantitative estimate of drug-likeness (QED) is 0.615. The number of benzene rings is 1. The van der Waals surface area contributed by atoms with Crippen LogP contribution in [0.3, 0.4) is 0 Å². The number of imidazole rings is 1. The van der Waals surface area contributed by atoms with Gasteiger partial charge >= 0.3 is 18.0 Å². The second kappa shape index (κ2) is 9.75. The molecule has 2 N–H and O–H groups in total. The summed E-state index contributed by atoms with van der Waals surface area (Å²) < 4.78 is 10.3. The van der Waals surface area contributed by atoms with Gasteiger partial charge in [-0.25, -0.2) is 14.6 Å². The lowest BCUT2D eigenvalue weighted by Gasteiger charge is -2.36. The molecule has 0 saturated heterocycles. The van der Waals surface area contributed by atoms with Crippen LogP contribution in [0.1, 0.15) is 35.8 Å². The van der Waals surface area contributed by atoms with Crippen LogP contribution in [0.2, 0.25) is 0 Å². The number of H-pyrrole nitrogens is 1.